The first-order valence-electron chi connectivity index (χ1n) is 7.33. The number of carbonyl (C=O) groups excluding carboxylic acids is 2. The fourth-order valence-electron chi connectivity index (χ4n) is 2.45. The van der Waals surface area contributed by atoms with E-state index in [9.17, 15) is 22.6 Å². The van der Waals surface area contributed by atoms with Crippen LogP contribution in [0.1, 0.15) is 12.0 Å². The van der Waals surface area contributed by atoms with E-state index in [0.29, 0.717) is 10.6 Å². The second kappa shape index (κ2) is 8.06. The monoisotopic (exact) mass is 404 g/mol. The number of piperidine rings is 1. The summed E-state index contributed by atoms with van der Waals surface area (Å²) in [5.41, 5.74) is 0.666. The highest BCUT2D eigenvalue weighted by Gasteiger charge is 2.54. The Morgan fingerprint density at radius 3 is 2.65 bits per heavy atom. The topological polar surface area (TPSA) is 168 Å². The lowest BCUT2D eigenvalue weighted by Gasteiger charge is -2.40. The minimum absolute atomic E-state index is 0.0793. The zero-order valence-electron chi connectivity index (χ0n) is 13.4. The quantitative estimate of drug-likeness (QED) is 0.218. The first-order valence-corrected chi connectivity index (χ1v) is 9.58. The Hall–Kier alpha value is -2.11. The van der Waals surface area contributed by atoms with E-state index in [2.05, 4.69) is 5.32 Å². The third-order valence-corrected chi connectivity index (χ3v) is 5.18. The Bertz CT molecular complexity index is 791. The van der Waals surface area contributed by atoms with Crippen molar-refractivity contribution in [1.82, 2.24) is 15.0 Å². The summed E-state index contributed by atoms with van der Waals surface area (Å²) in [6.07, 6.45) is -1.21. The highest BCUT2D eigenvalue weighted by molar-refractivity contribution is 7.83. The highest BCUT2D eigenvalue weighted by atomic mass is 32.2. The molecule has 13 heteroatoms. The van der Waals surface area contributed by atoms with Gasteiger partial charge in [0.2, 0.25) is 5.28 Å². The SMILES string of the molecule is NN1CCC(NS(=O)(=O)O)[C@](NC(=O)OCc2ccccc2)(P=O)C1=O. The van der Waals surface area contributed by atoms with Gasteiger partial charge >= 0.3 is 16.4 Å². The number of ether oxygens (including phenoxy) is 1. The Morgan fingerprint density at radius 1 is 1.42 bits per heavy atom. The largest absolute Gasteiger partial charge is 0.445 e. The van der Waals surface area contributed by atoms with Crippen LogP contribution in [0, 0.1) is 0 Å². The molecule has 0 aromatic heterocycles. The van der Waals surface area contributed by atoms with Crippen molar-refractivity contribution in [2.45, 2.75) is 24.3 Å². The average Bonchev–Trinajstić information content (AvgIpc) is 2.59. The van der Waals surface area contributed by atoms with E-state index < -0.39 is 42.1 Å². The van der Waals surface area contributed by atoms with Crippen molar-refractivity contribution in [3.8, 4) is 0 Å². The maximum absolute atomic E-state index is 12.4. The second-order valence-corrected chi connectivity index (χ2v) is 7.55. The molecule has 1 aromatic rings. The van der Waals surface area contributed by atoms with Gasteiger partial charge < -0.3 is 4.74 Å². The molecule has 0 radical (unpaired) electrons. The predicted molar refractivity (Wildman–Crippen MR) is 89.1 cm³/mol. The molecule has 1 aromatic carbocycles. The summed E-state index contributed by atoms with van der Waals surface area (Å²) in [7, 11) is -5.67. The molecular weight excluding hydrogens is 387 g/mol. The van der Waals surface area contributed by atoms with Crippen molar-refractivity contribution in [3.05, 3.63) is 35.9 Å². The van der Waals surface area contributed by atoms with Gasteiger partial charge in [0.25, 0.3) is 5.91 Å². The van der Waals surface area contributed by atoms with Crippen molar-refractivity contribution in [2.24, 2.45) is 5.84 Å². The van der Waals surface area contributed by atoms with Crippen molar-refractivity contribution < 1.29 is 31.9 Å². The molecule has 1 unspecified atom stereocenters. The van der Waals surface area contributed by atoms with Crippen molar-refractivity contribution in [1.29, 1.82) is 0 Å². The number of nitrogens with one attached hydrogen (secondary N) is 2. The van der Waals surface area contributed by atoms with E-state index >= 15 is 0 Å². The van der Waals surface area contributed by atoms with Gasteiger partial charge in [-0.25, -0.2) is 10.6 Å². The van der Waals surface area contributed by atoms with Crippen LogP contribution in [0.4, 0.5) is 4.79 Å². The molecule has 1 saturated heterocycles. The van der Waals surface area contributed by atoms with Crippen molar-refractivity contribution in [3.63, 3.8) is 0 Å². The molecule has 2 rings (SSSR count). The summed E-state index contributed by atoms with van der Waals surface area (Å²) < 4.78 is 49.7. The Kier molecular flexibility index (Phi) is 6.26. The van der Waals surface area contributed by atoms with Crippen molar-refractivity contribution in [2.75, 3.05) is 6.54 Å². The molecule has 1 aliphatic heterocycles. The van der Waals surface area contributed by atoms with Crippen LogP contribution in [-0.2, 0) is 31.0 Å². The van der Waals surface area contributed by atoms with Gasteiger partial charge in [-0.2, -0.15) is 13.1 Å². The normalized spacial score (nSPS) is 23.7. The molecule has 2 amide bonds. The zero-order chi connectivity index (χ0) is 19.4. The average molecular weight is 404 g/mol. The minimum atomic E-state index is -4.73. The highest BCUT2D eigenvalue weighted by Crippen LogP contribution is 2.32. The number of alkyl carbamates (subject to hydrolysis) is 1. The van der Waals surface area contributed by atoms with E-state index in [0.717, 1.165) is 0 Å². The van der Waals surface area contributed by atoms with Crippen LogP contribution in [0.15, 0.2) is 30.3 Å². The number of nitrogens with two attached hydrogens (primary N) is 1. The number of hydrogen-bond acceptors (Lipinski definition) is 7. The zero-order valence-corrected chi connectivity index (χ0v) is 15.1. The number of rotatable bonds is 6. The van der Waals surface area contributed by atoms with E-state index in [1.165, 1.54) is 0 Å². The summed E-state index contributed by atoms with van der Waals surface area (Å²) >= 11 is 0. The first kappa shape index (κ1) is 20.2. The number of hydrogen-bond donors (Lipinski definition) is 4. The molecule has 0 spiro atoms. The van der Waals surface area contributed by atoms with Crippen LogP contribution < -0.4 is 15.9 Å². The number of amides is 2. The smallest absolute Gasteiger partial charge is 0.408 e. The molecule has 0 saturated carbocycles. The second-order valence-electron chi connectivity index (χ2n) is 5.48. The van der Waals surface area contributed by atoms with Gasteiger partial charge in [0.15, 0.2) is 8.46 Å². The molecule has 1 fully saturated rings. The third-order valence-electron chi connectivity index (χ3n) is 3.69. The lowest BCUT2D eigenvalue weighted by molar-refractivity contribution is -0.138. The summed E-state index contributed by atoms with van der Waals surface area (Å²) in [6, 6.07) is 7.25. The summed E-state index contributed by atoms with van der Waals surface area (Å²) in [5, 5.41) is 0.555. The lowest BCUT2D eigenvalue weighted by Crippen LogP contribution is -2.71. The molecule has 1 aliphatic rings. The van der Waals surface area contributed by atoms with E-state index in [1.54, 1.807) is 35.1 Å². The van der Waals surface area contributed by atoms with Gasteiger partial charge in [-0.3, -0.25) is 24.2 Å². The molecule has 11 nitrogen and oxygen atoms in total. The standard InChI is InChI=1S/C13H17N4O7PS/c14-17-7-6-10(16-26(21,22)23)13(25-20,11(17)18)15-12(19)24-8-9-4-2-1-3-5-9/h1-5,10,16H,6-8,14H2,(H,15,19)(H,21,22,23)/t10?,13-/m0/s1. The molecule has 5 N–H and O–H groups in total. The van der Waals surface area contributed by atoms with Crippen molar-refractivity contribution >= 4 is 30.8 Å². The van der Waals surface area contributed by atoms with Gasteiger partial charge in [-0.1, -0.05) is 30.3 Å². The van der Waals surface area contributed by atoms with Gasteiger partial charge in [-0.15, -0.1) is 0 Å². The summed E-state index contributed by atoms with van der Waals surface area (Å²) in [4.78, 5) is 24.5. The molecule has 0 aliphatic carbocycles. The lowest BCUT2D eigenvalue weighted by atomic mass is 9.99. The Balaban J connectivity index is 2.18. The maximum Gasteiger partial charge on any atom is 0.408 e. The van der Waals surface area contributed by atoms with Crippen LogP contribution in [0.25, 0.3) is 0 Å². The fourth-order valence-corrected chi connectivity index (χ4v) is 3.86. The molecule has 2 atom stereocenters. The molecule has 26 heavy (non-hydrogen) atoms. The van der Waals surface area contributed by atoms with Crippen LogP contribution in [-0.4, -0.2) is 47.8 Å². The van der Waals surface area contributed by atoms with E-state index in [-0.39, 0.29) is 19.6 Å². The Morgan fingerprint density at radius 2 is 2.08 bits per heavy atom. The minimum Gasteiger partial charge on any atom is -0.445 e. The summed E-state index contributed by atoms with van der Waals surface area (Å²) in [6.45, 7) is -0.209. The number of carbonyl (C=O) groups is 2. The summed E-state index contributed by atoms with van der Waals surface area (Å²) in [5.74, 6) is 4.50. The maximum atomic E-state index is 12.4. The van der Waals surface area contributed by atoms with Crippen LogP contribution >= 0.6 is 8.46 Å². The van der Waals surface area contributed by atoms with Gasteiger partial charge in [0.1, 0.15) is 6.61 Å². The van der Waals surface area contributed by atoms with Gasteiger partial charge in [0.05, 0.1) is 6.04 Å². The number of hydrazine groups is 1. The molecule has 0 bridgehead atoms. The molecule has 142 valence electrons. The van der Waals surface area contributed by atoms with Gasteiger partial charge in [-0.05, 0) is 12.0 Å². The predicted octanol–water partition coefficient (Wildman–Crippen LogP) is -0.232. The number of nitrogens with zero attached hydrogens (tertiary/aromatic N) is 1. The molecule has 1 heterocycles. The third kappa shape index (κ3) is 4.74. The van der Waals surface area contributed by atoms with E-state index in [1.807, 2.05) is 0 Å². The first-order chi connectivity index (χ1) is 12.2. The number of benzene rings is 1. The molecular formula is C13H17N4O7PS. The van der Waals surface area contributed by atoms with Crippen LogP contribution in [0.3, 0.4) is 0 Å². The Labute approximate surface area is 150 Å². The van der Waals surface area contributed by atoms with Crippen LogP contribution in [0.5, 0.6) is 0 Å². The van der Waals surface area contributed by atoms with Gasteiger partial charge in [0, 0.05) is 6.54 Å². The fraction of sp³-hybridized carbons (Fsp3) is 0.385. The van der Waals surface area contributed by atoms with E-state index in [4.69, 9.17) is 15.1 Å². The van der Waals surface area contributed by atoms with Crippen LogP contribution in [0.2, 0.25) is 0 Å².